The van der Waals surface area contributed by atoms with E-state index in [0.717, 1.165) is 11.1 Å². The van der Waals surface area contributed by atoms with Gasteiger partial charge in [0.2, 0.25) is 12.4 Å². The van der Waals surface area contributed by atoms with Crippen molar-refractivity contribution >= 4 is 24.1 Å². The van der Waals surface area contributed by atoms with Crippen molar-refractivity contribution < 1.29 is 9.59 Å². The fraction of sp³-hybridized carbons (Fsp3) is 0.143. The number of hydrogen-bond donors (Lipinski definition) is 3. The normalized spacial score (nSPS) is 9.40. The van der Waals surface area contributed by atoms with Gasteiger partial charge in [-0.3, -0.25) is 19.9 Å². The van der Waals surface area contributed by atoms with E-state index in [2.05, 4.69) is 15.3 Å². The number of anilines is 2. The second kappa shape index (κ2) is 4.22. The van der Waals surface area contributed by atoms with Gasteiger partial charge in [0, 0.05) is 7.05 Å². The highest BCUT2D eigenvalue weighted by atomic mass is 16.2. The smallest absolute Gasteiger partial charge is 0.318 e. The van der Waals surface area contributed by atoms with E-state index in [4.69, 9.17) is 5.73 Å². The van der Waals surface area contributed by atoms with Gasteiger partial charge in [0.05, 0.1) is 6.20 Å². The van der Waals surface area contributed by atoms with Crippen LogP contribution in [0, 0.1) is 0 Å². The van der Waals surface area contributed by atoms with E-state index in [1.54, 1.807) is 0 Å². The van der Waals surface area contributed by atoms with Crippen LogP contribution in [0.3, 0.4) is 0 Å². The summed E-state index contributed by atoms with van der Waals surface area (Å²) in [7, 11) is 1.40. The quantitative estimate of drug-likeness (QED) is 0.546. The van der Waals surface area contributed by atoms with Crippen LogP contribution >= 0.6 is 0 Å². The van der Waals surface area contributed by atoms with Crippen molar-refractivity contribution in [2.45, 2.75) is 0 Å². The van der Waals surface area contributed by atoms with E-state index in [1.165, 1.54) is 7.05 Å². The van der Waals surface area contributed by atoms with Crippen LogP contribution in [0.25, 0.3) is 0 Å². The lowest BCUT2D eigenvalue weighted by molar-refractivity contribution is -0.107. The van der Waals surface area contributed by atoms with Gasteiger partial charge in [0.25, 0.3) is 5.56 Å². The standard InChI is InChI=1S/C7H9N5O3/c1-12(3-13)4-2-9-7(10-5(4)14)11-6(8)15/h2-3H,1H3,(H4,8,9,10,11,14,15). The molecule has 0 fully saturated rings. The van der Waals surface area contributed by atoms with Crippen LogP contribution in [0.4, 0.5) is 16.4 Å². The molecule has 0 saturated carbocycles. The van der Waals surface area contributed by atoms with Crippen LogP contribution in [0.2, 0.25) is 0 Å². The number of rotatable bonds is 3. The molecule has 3 amide bonds. The van der Waals surface area contributed by atoms with Gasteiger partial charge in [-0.05, 0) is 0 Å². The van der Waals surface area contributed by atoms with Crippen molar-refractivity contribution in [3.8, 4) is 0 Å². The molecule has 1 aromatic rings. The van der Waals surface area contributed by atoms with Gasteiger partial charge in [0.15, 0.2) is 0 Å². The number of aromatic amines is 1. The average molecular weight is 211 g/mol. The molecule has 0 spiro atoms. The van der Waals surface area contributed by atoms with Gasteiger partial charge >= 0.3 is 6.03 Å². The van der Waals surface area contributed by atoms with Crippen molar-refractivity contribution in [1.29, 1.82) is 0 Å². The first-order valence-corrected chi connectivity index (χ1v) is 3.88. The molecule has 4 N–H and O–H groups in total. The molecule has 0 atom stereocenters. The third-order valence-electron chi connectivity index (χ3n) is 1.56. The Labute approximate surface area is 84.1 Å². The predicted octanol–water partition coefficient (Wildman–Crippen LogP) is -1.15. The molecule has 0 aliphatic carbocycles. The molecule has 0 radical (unpaired) electrons. The SMILES string of the molecule is CN(C=O)c1cnc(NC(N)=O)[nH]c1=O. The van der Waals surface area contributed by atoms with Crippen molar-refractivity contribution in [1.82, 2.24) is 9.97 Å². The molecule has 0 unspecified atom stereocenters. The summed E-state index contributed by atoms with van der Waals surface area (Å²) in [6, 6.07) is -0.838. The zero-order valence-corrected chi connectivity index (χ0v) is 7.85. The largest absolute Gasteiger partial charge is 0.351 e. The summed E-state index contributed by atoms with van der Waals surface area (Å²) in [5, 5.41) is 2.10. The number of carbonyl (C=O) groups is 2. The zero-order chi connectivity index (χ0) is 11.4. The number of H-pyrrole nitrogens is 1. The molecule has 15 heavy (non-hydrogen) atoms. The summed E-state index contributed by atoms with van der Waals surface area (Å²) in [4.78, 5) is 39.1. The maximum absolute atomic E-state index is 11.3. The highest BCUT2D eigenvalue weighted by molar-refractivity contribution is 5.85. The first-order valence-electron chi connectivity index (χ1n) is 3.88. The van der Waals surface area contributed by atoms with Crippen molar-refractivity contribution in [2.24, 2.45) is 5.73 Å². The molecule has 8 nitrogen and oxygen atoms in total. The first kappa shape index (κ1) is 10.7. The van der Waals surface area contributed by atoms with E-state index in [-0.39, 0.29) is 11.6 Å². The lowest BCUT2D eigenvalue weighted by atomic mass is 10.5. The Morgan fingerprint density at radius 2 is 2.40 bits per heavy atom. The second-order valence-electron chi connectivity index (χ2n) is 2.65. The zero-order valence-electron chi connectivity index (χ0n) is 7.85. The highest BCUT2D eigenvalue weighted by Crippen LogP contribution is 2.02. The number of nitrogens with zero attached hydrogens (tertiary/aromatic N) is 2. The predicted molar refractivity (Wildman–Crippen MR) is 52.5 cm³/mol. The maximum atomic E-state index is 11.3. The van der Waals surface area contributed by atoms with E-state index < -0.39 is 11.6 Å². The Balaban J connectivity index is 3.03. The van der Waals surface area contributed by atoms with Crippen LogP contribution in [0.5, 0.6) is 0 Å². The molecular weight excluding hydrogens is 202 g/mol. The molecule has 0 aliphatic heterocycles. The van der Waals surface area contributed by atoms with Crippen molar-refractivity contribution in [3.63, 3.8) is 0 Å². The maximum Gasteiger partial charge on any atom is 0.318 e. The molecule has 1 rings (SSSR count). The molecule has 0 aliphatic rings. The number of carbonyl (C=O) groups excluding carboxylic acids is 2. The highest BCUT2D eigenvalue weighted by Gasteiger charge is 2.07. The second-order valence-corrected chi connectivity index (χ2v) is 2.65. The topological polar surface area (TPSA) is 121 Å². The van der Waals surface area contributed by atoms with Crippen LogP contribution in [-0.2, 0) is 4.79 Å². The van der Waals surface area contributed by atoms with Crippen LogP contribution < -0.4 is 21.5 Å². The number of primary amides is 1. The Morgan fingerprint density at radius 1 is 1.73 bits per heavy atom. The molecule has 0 saturated heterocycles. The van der Waals surface area contributed by atoms with Crippen LogP contribution in [0.1, 0.15) is 0 Å². The number of nitrogens with two attached hydrogens (primary N) is 1. The number of urea groups is 1. The van der Waals surface area contributed by atoms with Crippen molar-refractivity contribution in [2.75, 3.05) is 17.3 Å². The lowest BCUT2D eigenvalue weighted by Crippen LogP contribution is -2.27. The van der Waals surface area contributed by atoms with E-state index in [1.807, 2.05) is 0 Å². The number of nitrogens with one attached hydrogen (secondary N) is 2. The van der Waals surface area contributed by atoms with Gasteiger partial charge in [-0.2, -0.15) is 0 Å². The third-order valence-corrected chi connectivity index (χ3v) is 1.56. The van der Waals surface area contributed by atoms with E-state index in [0.29, 0.717) is 6.41 Å². The number of amides is 3. The summed E-state index contributed by atoms with van der Waals surface area (Å²) >= 11 is 0. The molecule has 80 valence electrons. The number of aromatic nitrogens is 2. The summed E-state index contributed by atoms with van der Waals surface area (Å²) in [5.74, 6) is -0.0736. The van der Waals surface area contributed by atoms with Gasteiger partial charge in [0.1, 0.15) is 5.69 Å². The summed E-state index contributed by atoms with van der Waals surface area (Å²) in [6.07, 6.45) is 1.62. The molecule has 0 aromatic carbocycles. The van der Waals surface area contributed by atoms with E-state index in [9.17, 15) is 14.4 Å². The Kier molecular flexibility index (Phi) is 3.01. The van der Waals surface area contributed by atoms with Crippen LogP contribution in [-0.4, -0.2) is 29.5 Å². The lowest BCUT2D eigenvalue weighted by Gasteiger charge is -2.08. The summed E-state index contributed by atoms with van der Waals surface area (Å²) in [6.45, 7) is 0. The molecule has 1 heterocycles. The minimum Gasteiger partial charge on any atom is -0.351 e. The Morgan fingerprint density at radius 3 is 2.87 bits per heavy atom. The average Bonchev–Trinajstić information content (AvgIpc) is 2.16. The molecule has 0 bridgehead atoms. The van der Waals surface area contributed by atoms with Crippen molar-refractivity contribution in [3.05, 3.63) is 16.6 Å². The van der Waals surface area contributed by atoms with Gasteiger partial charge in [-0.15, -0.1) is 0 Å². The fourth-order valence-corrected chi connectivity index (χ4v) is 0.876. The van der Waals surface area contributed by atoms with Gasteiger partial charge in [-0.25, -0.2) is 9.78 Å². The monoisotopic (exact) mass is 211 g/mol. The minimum absolute atomic E-state index is 0.0695. The number of hydrogen-bond acceptors (Lipinski definition) is 4. The fourth-order valence-electron chi connectivity index (χ4n) is 0.876. The summed E-state index contributed by atoms with van der Waals surface area (Å²) < 4.78 is 0. The first-order chi connectivity index (χ1) is 7.04. The van der Waals surface area contributed by atoms with Crippen LogP contribution in [0.15, 0.2) is 11.0 Å². The van der Waals surface area contributed by atoms with Gasteiger partial charge in [-0.1, -0.05) is 0 Å². The Hall–Kier alpha value is -2.38. The Bertz CT molecular complexity index is 440. The molecular formula is C7H9N5O3. The molecule has 1 aromatic heterocycles. The summed E-state index contributed by atoms with van der Waals surface area (Å²) in [5.41, 5.74) is 4.34. The third kappa shape index (κ3) is 2.53. The van der Waals surface area contributed by atoms with E-state index >= 15 is 0 Å². The van der Waals surface area contributed by atoms with Gasteiger partial charge < -0.3 is 10.6 Å². The molecule has 8 heteroatoms. The minimum atomic E-state index is -0.838.